The summed E-state index contributed by atoms with van der Waals surface area (Å²) in [7, 11) is 0. The van der Waals surface area contributed by atoms with Gasteiger partial charge in [0, 0.05) is 18.7 Å². The lowest BCUT2D eigenvalue weighted by Gasteiger charge is -2.19. The highest BCUT2D eigenvalue weighted by Crippen LogP contribution is 2.11. The first-order valence-electron chi connectivity index (χ1n) is 5.21. The Balaban J connectivity index is 2.86. The van der Waals surface area contributed by atoms with Crippen LogP contribution in [-0.4, -0.2) is 23.9 Å². The molecule has 1 aromatic carbocycles. The summed E-state index contributed by atoms with van der Waals surface area (Å²) in [5, 5.41) is 8.45. The van der Waals surface area contributed by atoms with Crippen molar-refractivity contribution in [2.75, 3.05) is 13.1 Å². The Bertz CT molecular complexity index is 454. The Morgan fingerprint density at radius 3 is 2.65 bits per heavy atom. The van der Waals surface area contributed by atoms with E-state index in [0.717, 1.165) is 12.1 Å². The summed E-state index contributed by atoms with van der Waals surface area (Å²) in [6, 6.07) is 4.95. The Morgan fingerprint density at radius 1 is 1.41 bits per heavy atom. The molecule has 0 aliphatic carbocycles. The zero-order chi connectivity index (χ0) is 12.8. The second kappa shape index (κ2) is 5.94. The molecule has 0 radical (unpaired) electrons. The van der Waals surface area contributed by atoms with Gasteiger partial charge in [0.05, 0.1) is 12.5 Å². The second-order valence-corrected chi connectivity index (χ2v) is 3.42. The first kappa shape index (κ1) is 13.1. The van der Waals surface area contributed by atoms with E-state index in [1.165, 1.54) is 11.0 Å². The van der Waals surface area contributed by atoms with Crippen LogP contribution < -0.4 is 0 Å². The monoisotopic (exact) mass is 238 g/mol. The molecule has 90 valence electrons. The summed E-state index contributed by atoms with van der Waals surface area (Å²) in [6.45, 7) is 2.46. The summed E-state index contributed by atoms with van der Waals surface area (Å²) < 4.78 is 25.7. The molecule has 0 heterocycles. The molecule has 0 saturated heterocycles. The molecule has 0 aliphatic heterocycles. The van der Waals surface area contributed by atoms with E-state index in [9.17, 15) is 13.6 Å². The summed E-state index contributed by atoms with van der Waals surface area (Å²) >= 11 is 0. The van der Waals surface area contributed by atoms with Crippen molar-refractivity contribution in [2.45, 2.75) is 13.3 Å². The zero-order valence-corrected chi connectivity index (χ0v) is 9.41. The van der Waals surface area contributed by atoms with Crippen LogP contribution in [0.25, 0.3) is 0 Å². The van der Waals surface area contributed by atoms with Crippen LogP contribution >= 0.6 is 0 Å². The van der Waals surface area contributed by atoms with Gasteiger partial charge < -0.3 is 4.90 Å². The molecule has 0 unspecified atom stereocenters. The number of carbonyl (C=O) groups is 1. The minimum Gasteiger partial charge on any atom is -0.338 e. The van der Waals surface area contributed by atoms with Gasteiger partial charge in [-0.05, 0) is 25.1 Å². The van der Waals surface area contributed by atoms with Crippen LogP contribution in [0.1, 0.15) is 23.7 Å². The Hall–Kier alpha value is -1.96. The molecule has 0 bridgehead atoms. The highest BCUT2D eigenvalue weighted by molar-refractivity contribution is 5.94. The van der Waals surface area contributed by atoms with Crippen LogP contribution in [0.15, 0.2) is 18.2 Å². The number of halogens is 2. The van der Waals surface area contributed by atoms with E-state index in [2.05, 4.69) is 0 Å². The standard InChI is InChI=1S/C12H12F2N2O/c1-2-16(7-3-6-15)12(17)9-4-5-10(13)11(14)8-9/h4-5,8H,2-3,7H2,1H3. The van der Waals surface area contributed by atoms with Crippen LogP contribution in [-0.2, 0) is 0 Å². The Labute approximate surface area is 98.3 Å². The van der Waals surface area contributed by atoms with Crippen LogP contribution in [0.5, 0.6) is 0 Å². The number of benzene rings is 1. The molecule has 1 amide bonds. The van der Waals surface area contributed by atoms with Gasteiger partial charge in [-0.25, -0.2) is 8.78 Å². The number of hydrogen-bond donors (Lipinski definition) is 0. The fourth-order valence-corrected chi connectivity index (χ4v) is 1.40. The lowest BCUT2D eigenvalue weighted by atomic mass is 10.2. The molecule has 0 fully saturated rings. The van der Waals surface area contributed by atoms with Crippen molar-refractivity contribution in [3.8, 4) is 6.07 Å². The van der Waals surface area contributed by atoms with Gasteiger partial charge in [-0.3, -0.25) is 4.79 Å². The third-order valence-corrected chi connectivity index (χ3v) is 2.33. The van der Waals surface area contributed by atoms with Crippen molar-refractivity contribution >= 4 is 5.91 Å². The molecule has 1 rings (SSSR count). The highest BCUT2D eigenvalue weighted by Gasteiger charge is 2.15. The number of rotatable bonds is 4. The lowest BCUT2D eigenvalue weighted by molar-refractivity contribution is 0.0767. The predicted molar refractivity (Wildman–Crippen MR) is 58.2 cm³/mol. The number of nitrogens with zero attached hydrogens (tertiary/aromatic N) is 2. The molecular weight excluding hydrogens is 226 g/mol. The van der Waals surface area contributed by atoms with E-state index in [1.54, 1.807) is 6.92 Å². The average Bonchev–Trinajstić information content (AvgIpc) is 2.33. The first-order valence-corrected chi connectivity index (χ1v) is 5.21. The van der Waals surface area contributed by atoms with Gasteiger partial charge in [0.1, 0.15) is 0 Å². The lowest BCUT2D eigenvalue weighted by Crippen LogP contribution is -2.31. The summed E-state index contributed by atoms with van der Waals surface area (Å²) in [5.41, 5.74) is 0.0867. The van der Waals surface area contributed by atoms with E-state index in [1.807, 2.05) is 6.07 Å². The Morgan fingerprint density at radius 2 is 2.12 bits per heavy atom. The smallest absolute Gasteiger partial charge is 0.253 e. The summed E-state index contributed by atoms with van der Waals surface area (Å²) in [6.07, 6.45) is 0.212. The average molecular weight is 238 g/mol. The summed E-state index contributed by atoms with van der Waals surface area (Å²) in [4.78, 5) is 13.3. The quantitative estimate of drug-likeness (QED) is 0.808. The van der Waals surface area contributed by atoms with Crippen molar-refractivity contribution in [2.24, 2.45) is 0 Å². The summed E-state index contributed by atoms with van der Waals surface area (Å²) in [5.74, 6) is -2.43. The van der Waals surface area contributed by atoms with Gasteiger partial charge in [0.15, 0.2) is 11.6 Å². The normalized spacial score (nSPS) is 9.76. The fourth-order valence-electron chi connectivity index (χ4n) is 1.40. The zero-order valence-electron chi connectivity index (χ0n) is 9.41. The van der Waals surface area contributed by atoms with Crippen molar-refractivity contribution in [1.82, 2.24) is 4.90 Å². The number of hydrogen-bond acceptors (Lipinski definition) is 2. The van der Waals surface area contributed by atoms with Gasteiger partial charge in [0.25, 0.3) is 5.91 Å². The van der Waals surface area contributed by atoms with Crippen molar-refractivity contribution in [3.63, 3.8) is 0 Å². The third kappa shape index (κ3) is 3.25. The van der Waals surface area contributed by atoms with E-state index in [-0.39, 0.29) is 18.5 Å². The van der Waals surface area contributed by atoms with E-state index in [0.29, 0.717) is 6.54 Å². The third-order valence-electron chi connectivity index (χ3n) is 2.33. The molecule has 5 heteroatoms. The largest absolute Gasteiger partial charge is 0.338 e. The van der Waals surface area contributed by atoms with Crippen molar-refractivity contribution < 1.29 is 13.6 Å². The molecule has 0 aliphatic rings. The van der Waals surface area contributed by atoms with Gasteiger partial charge in [-0.2, -0.15) is 5.26 Å². The van der Waals surface area contributed by atoms with Crippen LogP contribution in [0.4, 0.5) is 8.78 Å². The number of amides is 1. The number of carbonyl (C=O) groups excluding carboxylic acids is 1. The van der Waals surface area contributed by atoms with Crippen LogP contribution in [0.3, 0.4) is 0 Å². The molecule has 3 nitrogen and oxygen atoms in total. The molecule has 17 heavy (non-hydrogen) atoms. The molecule has 0 saturated carbocycles. The molecule has 0 spiro atoms. The predicted octanol–water partition coefficient (Wildman–Crippen LogP) is 2.34. The maximum Gasteiger partial charge on any atom is 0.253 e. The van der Waals surface area contributed by atoms with E-state index in [4.69, 9.17) is 5.26 Å². The minimum atomic E-state index is -1.05. The van der Waals surface area contributed by atoms with Crippen LogP contribution in [0.2, 0.25) is 0 Å². The molecular formula is C12H12F2N2O. The number of nitriles is 1. The molecule has 0 atom stereocenters. The van der Waals surface area contributed by atoms with E-state index >= 15 is 0 Å². The second-order valence-electron chi connectivity index (χ2n) is 3.42. The van der Waals surface area contributed by atoms with Gasteiger partial charge in [-0.1, -0.05) is 0 Å². The topological polar surface area (TPSA) is 44.1 Å². The maximum absolute atomic E-state index is 13.0. The maximum atomic E-state index is 13.0. The fraction of sp³-hybridized carbons (Fsp3) is 0.333. The van der Waals surface area contributed by atoms with Gasteiger partial charge in [0.2, 0.25) is 0 Å². The van der Waals surface area contributed by atoms with Crippen molar-refractivity contribution in [1.29, 1.82) is 5.26 Å². The van der Waals surface area contributed by atoms with Crippen molar-refractivity contribution in [3.05, 3.63) is 35.4 Å². The van der Waals surface area contributed by atoms with Crippen LogP contribution in [0, 0.1) is 23.0 Å². The first-order chi connectivity index (χ1) is 8.10. The molecule has 1 aromatic rings. The SMILES string of the molecule is CCN(CCC#N)C(=O)c1ccc(F)c(F)c1. The molecule has 0 aromatic heterocycles. The van der Waals surface area contributed by atoms with E-state index < -0.39 is 17.5 Å². The molecule has 0 N–H and O–H groups in total. The Kier molecular flexibility index (Phi) is 4.58. The minimum absolute atomic E-state index is 0.0867. The van der Waals surface area contributed by atoms with Gasteiger partial charge in [-0.15, -0.1) is 0 Å². The van der Waals surface area contributed by atoms with Gasteiger partial charge >= 0.3 is 0 Å². The highest BCUT2D eigenvalue weighted by atomic mass is 19.2.